The van der Waals surface area contributed by atoms with Gasteiger partial charge in [-0.3, -0.25) is 0 Å². The summed E-state index contributed by atoms with van der Waals surface area (Å²) in [5, 5.41) is 4.50. The lowest BCUT2D eigenvalue weighted by Crippen LogP contribution is -2.24. The zero-order chi connectivity index (χ0) is 15.2. The van der Waals surface area contributed by atoms with Crippen molar-refractivity contribution in [2.24, 2.45) is 0 Å². The lowest BCUT2D eigenvalue weighted by atomic mass is 9.99. The number of hydrogen-bond acceptors (Lipinski definition) is 1. The van der Waals surface area contributed by atoms with Crippen LogP contribution in [0.4, 0.5) is 0 Å². The van der Waals surface area contributed by atoms with Gasteiger partial charge in [-0.2, -0.15) is 0 Å². The molecule has 2 aromatic rings. The van der Waals surface area contributed by atoms with Crippen molar-refractivity contribution in [2.75, 3.05) is 0 Å². The summed E-state index contributed by atoms with van der Waals surface area (Å²) in [6, 6.07) is 17.7. The Kier molecular flexibility index (Phi) is 5.84. The minimum atomic E-state index is 0.304. The number of benzene rings is 2. The second-order valence-electron chi connectivity index (χ2n) is 5.50. The van der Waals surface area contributed by atoms with Gasteiger partial charge in [0, 0.05) is 17.1 Å². The quantitative estimate of drug-likeness (QED) is 0.721. The number of nitrogens with one attached hydrogen (secondary N) is 1. The Hall–Kier alpha value is -1.31. The van der Waals surface area contributed by atoms with Crippen LogP contribution < -0.4 is 5.32 Å². The van der Waals surface area contributed by atoms with Gasteiger partial charge in [-0.15, -0.1) is 0 Å². The average molecular weight is 302 g/mol. The molecule has 0 aliphatic heterocycles. The van der Waals surface area contributed by atoms with Crippen LogP contribution in [0.3, 0.4) is 0 Å². The third-order valence-corrected chi connectivity index (χ3v) is 4.27. The van der Waals surface area contributed by atoms with Crippen LogP contribution in [-0.2, 0) is 6.42 Å². The van der Waals surface area contributed by atoms with Gasteiger partial charge in [0.2, 0.25) is 0 Å². The monoisotopic (exact) mass is 301 g/mol. The first kappa shape index (κ1) is 16.1. The zero-order valence-corrected chi connectivity index (χ0v) is 13.8. The third-order valence-electron chi connectivity index (χ3n) is 4.02. The molecule has 2 heteroatoms. The van der Waals surface area contributed by atoms with Gasteiger partial charge in [0.15, 0.2) is 0 Å². The van der Waals surface area contributed by atoms with Crippen LogP contribution in [-0.4, -0.2) is 0 Å². The molecular formula is C19H24ClN. The number of rotatable bonds is 6. The summed E-state index contributed by atoms with van der Waals surface area (Å²) in [7, 11) is 0. The summed E-state index contributed by atoms with van der Waals surface area (Å²) in [4.78, 5) is 0. The standard InChI is InChI=1S/C19H24ClN/c1-4-15-6-8-17(9-7-15)19(5-2)21-14(3)16-10-12-18(20)13-11-16/h6-14,19,21H,4-5H2,1-3H3. The number of halogens is 1. The van der Waals surface area contributed by atoms with Crippen LogP contribution in [0.5, 0.6) is 0 Å². The summed E-state index contributed by atoms with van der Waals surface area (Å²) in [5.74, 6) is 0. The van der Waals surface area contributed by atoms with Crippen molar-refractivity contribution in [1.82, 2.24) is 5.32 Å². The van der Waals surface area contributed by atoms with Crippen LogP contribution in [0.1, 0.15) is 56.0 Å². The average Bonchev–Trinajstić information content (AvgIpc) is 2.53. The predicted molar refractivity (Wildman–Crippen MR) is 91.9 cm³/mol. The third kappa shape index (κ3) is 4.33. The van der Waals surface area contributed by atoms with Crippen molar-refractivity contribution >= 4 is 11.6 Å². The van der Waals surface area contributed by atoms with E-state index in [1.807, 2.05) is 12.1 Å². The van der Waals surface area contributed by atoms with Gasteiger partial charge in [-0.1, -0.05) is 61.8 Å². The molecule has 0 amide bonds. The molecule has 0 fully saturated rings. The van der Waals surface area contributed by atoms with Crippen molar-refractivity contribution in [3.8, 4) is 0 Å². The van der Waals surface area contributed by atoms with E-state index >= 15 is 0 Å². The van der Waals surface area contributed by atoms with Crippen LogP contribution in [0.25, 0.3) is 0 Å². The van der Waals surface area contributed by atoms with Crippen molar-refractivity contribution < 1.29 is 0 Å². The maximum Gasteiger partial charge on any atom is 0.0406 e. The Morgan fingerprint density at radius 2 is 1.48 bits per heavy atom. The first-order chi connectivity index (χ1) is 10.1. The summed E-state index contributed by atoms with van der Waals surface area (Å²) in [6.45, 7) is 6.61. The van der Waals surface area contributed by atoms with E-state index in [2.05, 4.69) is 62.5 Å². The molecule has 0 saturated heterocycles. The highest BCUT2D eigenvalue weighted by Gasteiger charge is 2.13. The molecule has 0 aliphatic carbocycles. The topological polar surface area (TPSA) is 12.0 Å². The number of aryl methyl sites for hydroxylation is 1. The molecule has 1 nitrogen and oxygen atoms in total. The first-order valence-electron chi connectivity index (χ1n) is 7.74. The molecule has 1 N–H and O–H groups in total. The Bertz CT molecular complexity index is 545. The van der Waals surface area contributed by atoms with Crippen molar-refractivity contribution in [2.45, 2.75) is 45.7 Å². The maximum absolute atomic E-state index is 5.95. The van der Waals surface area contributed by atoms with E-state index in [4.69, 9.17) is 11.6 Å². The minimum Gasteiger partial charge on any atom is -0.303 e. The second-order valence-corrected chi connectivity index (χ2v) is 5.93. The molecule has 0 radical (unpaired) electrons. The molecule has 2 aromatic carbocycles. The first-order valence-corrected chi connectivity index (χ1v) is 8.12. The Morgan fingerprint density at radius 3 is 2.00 bits per heavy atom. The Balaban J connectivity index is 2.08. The van der Waals surface area contributed by atoms with Gasteiger partial charge < -0.3 is 5.32 Å². The SMILES string of the molecule is CCc1ccc(C(CC)NC(C)c2ccc(Cl)cc2)cc1. The van der Waals surface area contributed by atoms with Crippen LogP contribution >= 0.6 is 11.6 Å². The van der Waals surface area contributed by atoms with Gasteiger partial charge in [0.25, 0.3) is 0 Å². The smallest absolute Gasteiger partial charge is 0.0406 e. The van der Waals surface area contributed by atoms with E-state index < -0.39 is 0 Å². The number of hydrogen-bond donors (Lipinski definition) is 1. The molecule has 0 heterocycles. The summed E-state index contributed by atoms with van der Waals surface area (Å²) in [5.41, 5.74) is 4.01. The van der Waals surface area contributed by atoms with Gasteiger partial charge >= 0.3 is 0 Å². The lowest BCUT2D eigenvalue weighted by Gasteiger charge is -2.23. The molecule has 112 valence electrons. The summed E-state index contributed by atoms with van der Waals surface area (Å²) in [6.07, 6.45) is 2.16. The van der Waals surface area contributed by atoms with Crippen molar-refractivity contribution in [3.05, 3.63) is 70.2 Å². The highest BCUT2D eigenvalue weighted by atomic mass is 35.5. The van der Waals surface area contributed by atoms with Crippen molar-refractivity contribution in [3.63, 3.8) is 0 Å². The molecule has 2 unspecified atom stereocenters. The van der Waals surface area contributed by atoms with Crippen molar-refractivity contribution in [1.29, 1.82) is 0 Å². The highest BCUT2D eigenvalue weighted by Crippen LogP contribution is 2.23. The molecule has 0 saturated carbocycles. The largest absolute Gasteiger partial charge is 0.303 e. The second kappa shape index (κ2) is 7.63. The molecule has 0 aliphatic rings. The Labute approximate surface area is 133 Å². The van der Waals surface area contributed by atoms with E-state index in [-0.39, 0.29) is 0 Å². The summed E-state index contributed by atoms with van der Waals surface area (Å²) < 4.78 is 0. The van der Waals surface area contributed by atoms with E-state index in [1.165, 1.54) is 16.7 Å². The highest BCUT2D eigenvalue weighted by molar-refractivity contribution is 6.30. The molecule has 0 bridgehead atoms. The predicted octanol–water partition coefficient (Wildman–Crippen LogP) is 5.70. The summed E-state index contributed by atoms with van der Waals surface area (Å²) >= 11 is 5.95. The molecule has 0 spiro atoms. The van der Waals surface area contributed by atoms with E-state index in [1.54, 1.807) is 0 Å². The molecule has 2 atom stereocenters. The van der Waals surface area contributed by atoms with Crippen LogP contribution in [0.2, 0.25) is 5.02 Å². The fourth-order valence-electron chi connectivity index (χ4n) is 2.58. The van der Waals surface area contributed by atoms with E-state index in [0.717, 1.165) is 17.9 Å². The normalized spacial score (nSPS) is 13.9. The molecule has 2 rings (SSSR count). The van der Waals surface area contributed by atoms with Gasteiger partial charge in [0.1, 0.15) is 0 Å². The molecule has 0 aromatic heterocycles. The van der Waals surface area contributed by atoms with Crippen LogP contribution in [0, 0.1) is 0 Å². The fourth-order valence-corrected chi connectivity index (χ4v) is 2.71. The molecule has 21 heavy (non-hydrogen) atoms. The van der Waals surface area contributed by atoms with Gasteiger partial charge in [-0.25, -0.2) is 0 Å². The van der Waals surface area contributed by atoms with E-state index in [0.29, 0.717) is 12.1 Å². The van der Waals surface area contributed by atoms with Gasteiger partial charge in [0.05, 0.1) is 0 Å². The minimum absolute atomic E-state index is 0.304. The van der Waals surface area contributed by atoms with Crippen LogP contribution in [0.15, 0.2) is 48.5 Å². The fraction of sp³-hybridized carbons (Fsp3) is 0.368. The lowest BCUT2D eigenvalue weighted by molar-refractivity contribution is 0.456. The molecular weight excluding hydrogens is 278 g/mol. The zero-order valence-electron chi connectivity index (χ0n) is 13.1. The Morgan fingerprint density at radius 1 is 0.905 bits per heavy atom. The maximum atomic E-state index is 5.95. The van der Waals surface area contributed by atoms with Gasteiger partial charge in [-0.05, 0) is 48.6 Å². The van der Waals surface area contributed by atoms with E-state index in [9.17, 15) is 0 Å².